The Labute approximate surface area is 109 Å². The van der Waals surface area contributed by atoms with Crippen molar-refractivity contribution in [1.82, 2.24) is 4.90 Å². The fourth-order valence-electron chi connectivity index (χ4n) is 3.68. The number of carbonyl (C=O) groups excluding carboxylic acids is 1. The lowest BCUT2D eigenvalue weighted by atomic mass is 9.89. The van der Waals surface area contributed by atoms with Gasteiger partial charge in [-0.3, -0.25) is 9.69 Å². The van der Waals surface area contributed by atoms with Crippen molar-refractivity contribution in [2.75, 3.05) is 13.2 Å². The highest BCUT2D eigenvalue weighted by Crippen LogP contribution is 2.30. The molecule has 0 N–H and O–H groups in total. The summed E-state index contributed by atoms with van der Waals surface area (Å²) in [5.41, 5.74) is 0. The number of fused-ring (bicyclic) bond motifs is 2. The van der Waals surface area contributed by atoms with Gasteiger partial charge in [-0.05, 0) is 19.3 Å². The lowest BCUT2D eigenvalue weighted by Crippen LogP contribution is -2.60. The smallest absolute Gasteiger partial charge is 0.136 e. The van der Waals surface area contributed by atoms with E-state index < -0.39 is 0 Å². The minimum Gasteiger partial charge on any atom is -0.378 e. The highest BCUT2D eigenvalue weighted by Gasteiger charge is 2.40. The van der Waals surface area contributed by atoms with Crippen LogP contribution in [0.2, 0.25) is 0 Å². The van der Waals surface area contributed by atoms with E-state index in [1.54, 1.807) is 0 Å². The lowest BCUT2D eigenvalue weighted by molar-refractivity contribution is -0.138. The Bertz CT molecular complexity index is 323. The molecule has 0 radical (unpaired) electrons. The molecule has 3 unspecified atom stereocenters. The van der Waals surface area contributed by atoms with Gasteiger partial charge in [-0.25, -0.2) is 0 Å². The van der Waals surface area contributed by atoms with E-state index in [1.165, 1.54) is 32.1 Å². The SMILES string of the molecule is O=C1CC2COCC(C1)N2C1/C=C\CCCCC1. The summed E-state index contributed by atoms with van der Waals surface area (Å²) in [6.45, 7) is 1.49. The third-order valence-electron chi connectivity index (χ3n) is 4.50. The molecule has 2 bridgehead atoms. The van der Waals surface area contributed by atoms with E-state index in [9.17, 15) is 4.79 Å². The number of Topliss-reactive ketones (excluding diaryl/α,β-unsaturated/α-hetero) is 1. The van der Waals surface area contributed by atoms with E-state index in [1.807, 2.05) is 0 Å². The highest BCUT2D eigenvalue weighted by atomic mass is 16.5. The fourth-order valence-corrected chi connectivity index (χ4v) is 3.68. The first-order valence-electron chi connectivity index (χ1n) is 7.38. The number of rotatable bonds is 1. The number of allylic oxidation sites excluding steroid dienone is 1. The van der Waals surface area contributed by atoms with Gasteiger partial charge in [-0.1, -0.05) is 25.0 Å². The van der Waals surface area contributed by atoms with Gasteiger partial charge in [0.1, 0.15) is 5.78 Å². The zero-order valence-electron chi connectivity index (χ0n) is 11.0. The molecular weight excluding hydrogens is 226 g/mol. The van der Waals surface area contributed by atoms with Crippen molar-refractivity contribution < 1.29 is 9.53 Å². The zero-order chi connectivity index (χ0) is 12.4. The van der Waals surface area contributed by atoms with Gasteiger partial charge < -0.3 is 4.74 Å². The van der Waals surface area contributed by atoms with Crippen LogP contribution in [0.5, 0.6) is 0 Å². The Morgan fingerprint density at radius 1 is 1.11 bits per heavy atom. The largest absolute Gasteiger partial charge is 0.378 e. The quantitative estimate of drug-likeness (QED) is 0.668. The number of carbonyl (C=O) groups is 1. The number of morpholine rings is 1. The van der Waals surface area contributed by atoms with Crippen molar-refractivity contribution in [3.8, 4) is 0 Å². The second-order valence-corrected chi connectivity index (χ2v) is 5.87. The van der Waals surface area contributed by atoms with Gasteiger partial charge in [-0.15, -0.1) is 0 Å². The standard InChI is InChI=1S/C15H23NO2/c17-15-8-13-10-18-11-14(9-15)16(13)12-6-4-2-1-3-5-7-12/h4,6,12-14H,1-3,5,7-11H2/b6-4-. The maximum atomic E-state index is 11.7. The molecule has 3 aliphatic rings. The van der Waals surface area contributed by atoms with Crippen LogP contribution in [-0.4, -0.2) is 42.0 Å². The van der Waals surface area contributed by atoms with Crippen LogP contribution in [0, 0.1) is 0 Å². The first kappa shape index (κ1) is 12.4. The molecule has 0 amide bonds. The summed E-state index contributed by atoms with van der Waals surface area (Å²) >= 11 is 0. The van der Waals surface area contributed by atoms with Crippen molar-refractivity contribution >= 4 is 5.78 Å². The normalized spacial score (nSPS) is 40.0. The van der Waals surface area contributed by atoms with Crippen molar-refractivity contribution in [2.45, 2.75) is 63.1 Å². The van der Waals surface area contributed by atoms with E-state index in [-0.39, 0.29) is 0 Å². The maximum absolute atomic E-state index is 11.7. The molecule has 2 aliphatic heterocycles. The molecule has 3 heteroatoms. The summed E-state index contributed by atoms with van der Waals surface area (Å²) in [6.07, 6.45) is 12.6. The summed E-state index contributed by atoms with van der Waals surface area (Å²) in [7, 11) is 0. The Morgan fingerprint density at radius 2 is 1.89 bits per heavy atom. The van der Waals surface area contributed by atoms with Crippen molar-refractivity contribution in [3.05, 3.63) is 12.2 Å². The van der Waals surface area contributed by atoms with Crippen LogP contribution in [0.3, 0.4) is 0 Å². The summed E-state index contributed by atoms with van der Waals surface area (Å²) in [4.78, 5) is 14.3. The lowest BCUT2D eigenvalue weighted by Gasteiger charge is -2.48. The monoisotopic (exact) mass is 249 g/mol. The number of ketones is 1. The van der Waals surface area contributed by atoms with Gasteiger partial charge in [0, 0.05) is 31.0 Å². The van der Waals surface area contributed by atoms with Crippen molar-refractivity contribution in [3.63, 3.8) is 0 Å². The number of hydrogen-bond donors (Lipinski definition) is 0. The molecule has 0 aromatic heterocycles. The van der Waals surface area contributed by atoms with Gasteiger partial charge in [-0.2, -0.15) is 0 Å². The van der Waals surface area contributed by atoms with Gasteiger partial charge in [0.25, 0.3) is 0 Å². The molecule has 0 aromatic carbocycles. The molecule has 0 aromatic rings. The number of hydrogen-bond acceptors (Lipinski definition) is 3. The molecule has 2 heterocycles. The summed E-state index contributed by atoms with van der Waals surface area (Å²) < 4.78 is 5.64. The topological polar surface area (TPSA) is 29.5 Å². The summed E-state index contributed by atoms with van der Waals surface area (Å²) in [5.74, 6) is 0.430. The molecule has 2 saturated heterocycles. The van der Waals surface area contributed by atoms with Gasteiger partial charge in [0.2, 0.25) is 0 Å². The zero-order valence-corrected chi connectivity index (χ0v) is 11.0. The third kappa shape index (κ3) is 2.52. The van der Waals surface area contributed by atoms with Gasteiger partial charge in [0.15, 0.2) is 0 Å². The second kappa shape index (κ2) is 5.54. The summed E-state index contributed by atoms with van der Waals surface area (Å²) in [5, 5.41) is 0. The van der Waals surface area contributed by atoms with Crippen LogP contribution >= 0.6 is 0 Å². The molecule has 3 rings (SSSR count). The predicted octanol–water partition coefficient (Wildman–Crippen LogP) is 2.31. The van der Waals surface area contributed by atoms with Gasteiger partial charge in [0.05, 0.1) is 13.2 Å². The molecule has 100 valence electrons. The van der Waals surface area contributed by atoms with Gasteiger partial charge >= 0.3 is 0 Å². The van der Waals surface area contributed by atoms with Crippen LogP contribution < -0.4 is 0 Å². The molecule has 1 aliphatic carbocycles. The van der Waals surface area contributed by atoms with Crippen LogP contribution in [0.15, 0.2) is 12.2 Å². The second-order valence-electron chi connectivity index (χ2n) is 5.87. The van der Waals surface area contributed by atoms with Crippen LogP contribution in [0.1, 0.15) is 44.9 Å². The van der Waals surface area contributed by atoms with E-state index in [2.05, 4.69) is 17.1 Å². The third-order valence-corrected chi connectivity index (χ3v) is 4.50. The first-order chi connectivity index (χ1) is 8.84. The Balaban J connectivity index is 1.76. The number of ether oxygens (including phenoxy) is 1. The van der Waals surface area contributed by atoms with E-state index in [4.69, 9.17) is 4.74 Å². The Hall–Kier alpha value is -0.670. The minimum absolute atomic E-state index is 0.332. The van der Waals surface area contributed by atoms with Crippen molar-refractivity contribution in [2.24, 2.45) is 0 Å². The molecule has 2 fully saturated rings. The molecule has 0 saturated carbocycles. The van der Waals surface area contributed by atoms with Crippen LogP contribution in [-0.2, 0) is 9.53 Å². The first-order valence-corrected chi connectivity index (χ1v) is 7.38. The number of nitrogens with zero attached hydrogens (tertiary/aromatic N) is 1. The van der Waals surface area contributed by atoms with Crippen LogP contribution in [0.4, 0.5) is 0 Å². The molecule has 18 heavy (non-hydrogen) atoms. The average molecular weight is 249 g/mol. The molecule has 3 nitrogen and oxygen atoms in total. The Kier molecular flexibility index (Phi) is 3.80. The maximum Gasteiger partial charge on any atom is 0.136 e. The Morgan fingerprint density at radius 3 is 2.67 bits per heavy atom. The fraction of sp³-hybridized carbons (Fsp3) is 0.800. The van der Waals surface area contributed by atoms with E-state index in [0.29, 0.717) is 36.8 Å². The number of piperidine rings is 1. The highest BCUT2D eigenvalue weighted by molar-refractivity contribution is 5.80. The minimum atomic E-state index is 0.332. The molecule has 3 atom stereocenters. The van der Waals surface area contributed by atoms with E-state index in [0.717, 1.165) is 13.2 Å². The predicted molar refractivity (Wildman–Crippen MR) is 70.5 cm³/mol. The summed E-state index contributed by atoms with van der Waals surface area (Å²) in [6, 6.07) is 1.20. The molecule has 0 spiro atoms. The van der Waals surface area contributed by atoms with Crippen LogP contribution in [0.25, 0.3) is 0 Å². The molecular formula is C15H23NO2. The van der Waals surface area contributed by atoms with Crippen molar-refractivity contribution in [1.29, 1.82) is 0 Å². The average Bonchev–Trinajstić information content (AvgIpc) is 2.28. The van der Waals surface area contributed by atoms with E-state index >= 15 is 0 Å².